The molecular weight excluding hydrogens is 310 g/mol. The minimum absolute atomic E-state index is 0.0179. The lowest BCUT2D eigenvalue weighted by molar-refractivity contribution is -0.112. The minimum atomic E-state index is -0.438. The van der Waals surface area contributed by atoms with Crippen LogP contribution in [0.15, 0.2) is 60.3 Å². The summed E-state index contributed by atoms with van der Waals surface area (Å²) in [7, 11) is 0. The van der Waals surface area contributed by atoms with E-state index in [1.807, 2.05) is 61.5 Å². The maximum absolute atomic E-state index is 12.3. The monoisotopic (exact) mass is 333 g/mol. The Morgan fingerprint density at radius 2 is 1.72 bits per heavy atom. The number of carbonyl (C=O) groups is 1. The molecule has 0 aliphatic carbocycles. The fourth-order valence-corrected chi connectivity index (χ4v) is 2.40. The zero-order valence-corrected chi connectivity index (χ0v) is 15.1. The molecule has 0 aliphatic heterocycles. The van der Waals surface area contributed by atoms with E-state index in [0.29, 0.717) is 5.69 Å². The van der Waals surface area contributed by atoms with Gasteiger partial charge in [0, 0.05) is 17.6 Å². The number of nitriles is 1. The Labute approximate surface area is 149 Å². The molecule has 128 valence electrons. The van der Waals surface area contributed by atoms with Gasteiger partial charge in [0.2, 0.25) is 0 Å². The molecule has 0 saturated heterocycles. The smallest absolute Gasteiger partial charge is 0.267 e. The van der Waals surface area contributed by atoms with Crippen molar-refractivity contribution in [1.29, 1.82) is 5.26 Å². The summed E-state index contributed by atoms with van der Waals surface area (Å²) in [6, 6.07) is 17.2. The summed E-state index contributed by atoms with van der Waals surface area (Å²) >= 11 is 0. The summed E-state index contributed by atoms with van der Waals surface area (Å²) in [5.41, 5.74) is 3.73. The van der Waals surface area contributed by atoms with Crippen molar-refractivity contribution < 1.29 is 4.79 Å². The maximum atomic E-state index is 12.3. The molecule has 0 aliphatic rings. The van der Waals surface area contributed by atoms with E-state index in [4.69, 9.17) is 0 Å². The molecule has 4 heteroatoms. The van der Waals surface area contributed by atoms with Crippen LogP contribution in [0.5, 0.6) is 0 Å². The molecule has 2 rings (SSSR count). The zero-order valence-electron chi connectivity index (χ0n) is 15.1. The number of aryl methyl sites for hydroxylation is 1. The van der Waals surface area contributed by atoms with Crippen LogP contribution in [-0.4, -0.2) is 5.91 Å². The number of rotatable bonds is 4. The molecule has 0 atom stereocenters. The quantitative estimate of drug-likeness (QED) is 0.627. The first-order valence-electron chi connectivity index (χ1n) is 8.15. The average molecular weight is 333 g/mol. The van der Waals surface area contributed by atoms with Crippen LogP contribution in [-0.2, 0) is 10.2 Å². The third-order valence-corrected chi connectivity index (χ3v) is 3.78. The second kappa shape index (κ2) is 7.67. The first-order chi connectivity index (χ1) is 11.8. The van der Waals surface area contributed by atoms with Gasteiger partial charge >= 0.3 is 0 Å². The molecule has 4 nitrogen and oxygen atoms in total. The predicted octanol–water partition coefficient (Wildman–Crippen LogP) is 4.75. The van der Waals surface area contributed by atoms with Gasteiger partial charge in [-0.25, -0.2) is 0 Å². The van der Waals surface area contributed by atoms with E-state index in [1.165, 1.54) is 6.20 Å². The molecule has 2 N–H and O–H groups in total. The lowest BCUT2D eigenvalue weighted by atomic mass is 9.86. The summed E-state index contributed by atoms with van der Waals surface area (Å²) < 4.78 is 0. The van der Waals surface area contributed by atoms with E-state index in [1.54, 1.807) is 0 Å². The van der Waals surface area contributed by atoms with Crippen LogP contribution in [0, 0.1) is 18.3 Å². The first kappa shape index (κ1) is 18.3. The van der Waals surface area contributed by atoms with Gasteiger partial charge in [-0.2, -0.15) is 5.26 Å². The van der Waals surface area contributed by atoms with Gasteiger partial charge in [-0.1, -0.05) is 56.7 Å². The average Bonchev–Trinajstić information content (AvgIpc) is 2.57. The van der Waals surface area contributed by atoms with Crippen LogP contribution >= 0.6 is 0 Å². The molecule has 0 radical (unpaired) electrons. The van der Waals surface area contributed by atoms with Crippen LogP contribution < -0.4 is 10.6 Å². The highest BCUT2D eigenvalue weighted by molar-refractivity contribution is 6.06. The third-order valence-electron chi connectivity index (χ3n) is 3.78. The van der Waals surface area contributed by atoms with E-state index in [0.717, 1.165) is 16.8 Å². The van der Waals surface area contributed by atoms with Gasteiger partial charge < -0.3 is 10.6 Å². The lowest BCUT2D eigenvalue weighted by Gasteiger charge is -2.22. The van der Waals surface area contributed by atoms with Gasteiger partial charge in [0.25, 0.3) is 5.91 Å². The Morgan fingerprint density at radius 1 is 1.08 bits per heavy atom. The van der Waals surface area contributed by atoms with Crippen LogP contribution in [0.25, 0.3) is 0 Å². The van der Waals surface area contributed by atoms with E-state index in [-0.39, 0.29) is 11.0 Å². The first-order valence-corrected chi connectivity index (χ1v) is 8.15. The summed E-state index contributed by atoms with van der Waals surface area (Å²) in [4.78, 5) is 12.3. The molecule has 2 aromatic carbocycles. The van der Waals surface area contributed by atoms with Crippen molar-refractivity contribution in [3.8, 4) is 6.07 Å². The van der Waals surface area contributed by atoms with E-state index in [2.05, 4.69) is 31.4 Å². The van der Waals surface area contributed by atoms with Gasteiger partial charge in [-0.15, -0.1) is 0 Å². The second-order valence-electron chi connectivity index (χ2n) is 6.93. The molecule has 0 bridgehead atoms. The number of hydrogen-bond donors (Lipinski definition) is 2. The number of hydrogen-bond acceptors (Lipinski definition) is 3. The molecule has 0 spiro atoms. The normalized spacial score (nSPS) is 11.6. The molecule has 0 heterocycles. The third kappa shape index (κ3) is 4.95. The van der Waals surface area contributed by atoms with Crippen LogP contribution in [0.3, 0.4) is 0 Å². The maximum Gasteiger partial charge on any atom is 0.267 e. The van der Waals surface area contributed by atoms with Crippen LogP contribution in [0.2, 0.25) is 0 Å². The number of anilines is 2. The van der Waals surface area contributed by atoms with Crippen molar-refractivity contribution >= 4 is 17.3 Å². The molecule has 2 aromatic rings. The van der Waals surface area contributed by atoms with E-state index in [9.17, 15) is 10.1 Å². The summed E-state index contributed by atoms with van der Waals surface area (Å²) in [6.45, 7) is 8.33. The van der Waals surface area contributed by atoms with Crippen molar-refractivity contribution in [2.45, 2.75) is 33.1 Å². The number of benzene rings is 2. The molecule has 0 aromatic heterocycles. The fraction of sp³-hybridized carbons (Fsp3) is 0.238. The highest BCUT2D eigenvalue weighted by Crippen LogP contribution is 2.29. The van der Waals surface area contributed by atoms with Crippen molar-refractivity contribution in [3.05, 3.63) is 71.4 Å². The van der Waals surface area contributed by atoms with Gasteiger partial charge in [0.15, 0.2) is 0 Å². The Kier molecular flexibility index (Phi) is 5.61. The fourth-order valence-electron chi connectivity index (χ4n) is 2.40. The number of amides is 1. The molecular formula is C21H23N3O. The number of nitrogens with zero attached hydrogens (tertiary/aromatic N) is 1. The van der Waals surface area contributed by atoms with Crippen molar-refractivity contribution in [2.24, 2.45) is 0 Å². The lowest BCUT2D eigenvalue weighted by Crippen LogP contribution is -2.16. The van der Waals surface area contributed by atoms with Crippen molar-refractivity contribution in [3.63, 3.8) is 0 Å². The summed E-state index contributed by atoms with van der Waals surface area (Å²) in [5, 5.41) is 15.1. The van der Waals surface area contributed by atoms with Gasteiger partial charge in [-0.05, 0) is 36.1 Å². The largest absolute Gasteiger partial charge is 0.360 e. The molecule has 1 amide bonds. The van der Waals surface area contributed by atoms with E-state index >= 15 is 0 Å². The van der Waals surface area contributed by atoms with Crippen LogP contribution in [0.4, 0.5) is 11.4 Å². The summed E-state index contributed by atoms with van der Waals surface area (Å²) in [6.07, 6.45) is 1.45. The second-order valence-corrected chi connectivity index (χ2v) is 6.93. The predicted molar refractivity (Wildman–Crippen MR) is 102 cm³/mol. The van der Waals surface area contributed by atoms with Crippen molar-refractivity contribution in [2.75, 3.05) is 10.6 Å². The van der Waals surface area contributed by atoms with Gasteiger partial charge in [0.05, 0.1) is 0 Å². The van der Waals surface area contributed by atoms with Crippen molar-refractivity contribution in [1.82, 2.24) is 0 Å². The van der Waals surface area contributed by atoms with Gasteiger partial charge in [0.1, 0.15) is 11.6 Å². The topological polar surface area (TPSA) is 64.9 Å². The Balaban J connectivity index is 2.17. The Morgan fingerprint density at radius 3 is 2.32 bits per heavy atom. The Hall–Kier alpha value is -3.06. The Bertz CT molecular complexity index is 821. The summed E-state index contributed by atoms with van der Waals surface area (Å²) in [5.74, 6) is -0.438. The molecule has 0 unspecified atom stereocenters. The molecule has 0 saturated carbocycles. The number of nitrogens with one attached hydrogen (secondary N) is 2. The minimum Gasteiger partial charge on any atom is -0.360 e. The number of carbonyl (C=O) groups excluding carboxylic acids is 1. The zero-order chi connectivity index (χ0) is 18.4. The van der Waals surface area contributed by atoms with Gasteiger partial charge in [-0.3, -0.25) is 4.79 Å². The SMILES string of the molecule is Cc1ccc(NC(=O)/C(C#N)=C\Nc2ccccc2C(C)(C)C)cc1. The standard InChI is InChI=1S/C21H23N3O/c1-15-9-11-17(12-10-15)24-20(25)16(13-22)14-23-19-8-6-5-7-18(19)21(2,3)4/h5-12,14,23H,1-4H3,(H,24,25)/b16-14-. The number of para-hydroxylation sites is 1. The highest BCUT2D eigenvalue weighted by Gasteiger charge is 2.17. The highest BCUT2D eigenvalue weighted by atomic mass is 16.1. The van der Waals surface area contributed by atoms with Crippen LogP contribution in [0.1, 0.15) is 31.9 Å². The van der Waals surface area contributed by atoms with E-state index < -0.39 is 5.91 Å². The molecule has 25 heavy (non-hydrogen) atoms. The molecule has 0 fully saturated rings.